The molecule has 1 atom stereocenters. The molecule has 1 aromatic heterocycles. The van der Waals surface area contributed by atoms with Gasteiger partial charge in [-0.1, -0.05) is 72.8 Å². The fourth-order valence-corrected chi connectivity index (χ4v) is 4.38. The third kappa shape index (κ3) is 4.34. The van der Waals surface area contributed by atoms with Crippen molar-refractivity contribution in [2.75, 3.05) is 6.54 Å². The highest BCUT2D eigenvalue weighted by Gasteiger charge is 2.31. The van der Waals surface area contributed by atoms with Gasteiger partial charge in [0.2, 0.25) is 0 Å². The fourth-order valence-electron chi connectivity index (χ4n) is 4.38. The molecule has 1 unspecified atom stereocenters. The average Bonchev–Trinajstić information content (AvgIpc) is 3.33. The van der Waals surface area contributed by atoms with E-state index in [1.165, 1.54) is 11.3 Å². The number of aromatic amines is 1. The van der Waals surface area contributed by atoms with E-state index in [9.17, 15) is 4.79 Å². The van der Waals surface area contributed by atoms with E-state index < -0.39 is 0 Å². The Kier molecular flexibility index (Phi) is 5.81. The van der Waals surface area contributed by atoms with Crippen LogP contribution in [0.3, 0.4) is 0 Å². The van der Waals surface area contributed by atoms with Crippen LogP contribution in [0.25, 0.3) is 0 Å². The molecule has 0 saturated heterocycles. The van der Waals surface area contributed by atoms with Crippen LogP contribution in [-0.4, -0.2) is 27.3 Å². The molecule has 0 radical (unpaired) electrons. The fraction of sp³-hybridized carbons (Fsp3) is 0.185. The molecule has 1 amide bonds. The molecule has 1 aliphatic rings. The van der Waals surface area contributed by atoms with Gasteiger partial charge in [0.15, 0.2) is 0 Å². The Morgan fingerprint density at radius 3 is 2.34 bits per heavy atom. The molecule has 0 fully saturated rings. The highest BCUT2D eigenvalue weighted by Crippen LogP contribution is 2.34. The molecule has 5 heteroatoms. The molecule has 0 saturated carbocycles. The van der Waals surface area contributed by atoms with E-state index in [4.69, 9.17) is 0 Å². The maximum absolute atomic E-state index is 12.6. The molecular formula is C27H26N4O. The number of carbonyl (C=O) groups excluding carboxylic acids is 1. The van der Waals surface area contributed by atoms with Crippen molar-refractivity contribution in [1.29, 1.82) is 0 Å². The first-order chi connectivity index (χ1) is 15.8. The van der Waals surface area contributed by atoms with Gasteiger partial charge in [0.05, 0.1) is 18.1 Å². The number of hydrogen-bond donors (Lipinski definition) is 2. The summed E-state index contributed by atoms with van der Waals surface area (Å²) in [7, 11) is 0. The third-order valence-electron chi connectivity index (χ3n) is 6.04. The van der Waals surface area contributed by atoms with Crippen LogP contribution in [0.4, 0.5) is 0 Å². The van der Waals surface area contributed by atoms with Crippen molar-refractivity contribution >= 4 is 5.91 Å². The summed E-state index contributed by atoms with van der Waals surface area (Å²) in [5.74, 6) is -0.0642. The molecule has 5 nitrogen and oxygen atoms in total. The van der Waals surface area contributed by atoms with E-state index in [2.05, 4.69) is 56.6 Å². The monoisotopic (exact) mass is 422 g/mol. The van der Waals surface area contributed by atoms with Gasteiger partial charge in [-0.25, -0.2) is 4.98 Å². The van der Waals surface area contributed by atoms with E-state index in [-0.39, 0.29) is 11.9 Å². The Bertz CT molecular complexity index is 1170. The van der Waals surface area contributed by atoms with Crippen LogP contribution in [0.15, 0.2) is 91.3 Å². The van der Waals surface area contributed by atoms with Crippen LogP contribution in [-0.2, 0) is 19.5 Å². The molecule has 3 aromatic carbocycles. The second kappa shape index (κ2) is 9.20. The molecule has 1 aliphatic heterocycles. The standard InChI is InChI=1S/C27H26N4O/c32-27(28-17-20-7-3-1-4-8-20)23-13-11-22(12-14-23)26-25-24(29-19-30-25)15-16-31(26)18-21-9-5-2-6-10-21/h1-14,19,26H,15-18H2,(H,28,32)(H,29,30). The van der Waals surface area contributed by atoms with Crippen molar-refractivity contribution in [3.05, 3.63) is 125 Å². The Morgan fingerprint density at radius 1 is 0.938 bits per heavy atom. The number of rotatable bonds is 6. The number of imidazole rings is 1. The summed E-state index contributed by atoms with van der Waals surface area (Å²) in [6, 6.07) is 28.5. The summed E-state index contributed by atoms with van der Waals surface area (Å²) in [5, 5.41) is 3.00. The lowest BCUT2D eigenvalue weighted by atomic mass is 9.94. The molecule has 2 heterocycles. The summed E-state index contributed by atoms with van der Waals surface area (Å²) >= 11 is 0. The van der Waals surface area contributed by atoms with Gasteiger partial charge in [0.1, 0.15) is 0 Å². The van der Waals surface area contributed by atoms with Crippen LogP contribution in [0.5, 0.6) is 0 Å². The number of carbonyl (C=O) groups is 1. The molecule has 0 aliphatic carbocycles. The summed E-state index contributed by atoms with van der Waals surface area (Å²) in [6.07, 6.45) is 2.74. The van der Waals surface area contributed by atoms with Crippen LogP contribution in [0.2, 0.25) is 0 Å². The second-order valence-corrected chi connectivity index (χ2v) is 8.17. The number of nitrogens with one attached hydrogen (secondary N) is 2. The Balaban J connectivity index is 1.35. The first-order valence-electron chi connectivity index (χ1n) is 11.0. The Labute approximate surface area is 188 Å². The van der Waals surface area contributed by atoms with E-state index in [0.717, 1.165) is 36.3 Å². The maximum atomic E-state index is 12.6. The molecular weight excluding hydrogens is 396 g/mol. The second-order valence-electron chi connectivity index (χ2n) is 8.17. The number of H-pyrrole nitrogens is 1. The number of hydrogen-bond acceptors (Lipinski definition) is 3. The zero-order valence-electron chi connectivity index (χ0n) is 17.9. The lowest BCUT2D eigenvalue weighted by Crippen LogP contribution is -2.35. The lowest BCUT2D eigenvalue weighted by Gasteiger charge is -2.35. The molecule has 4 aromatic rings. The van der Waals surface area contributed by atoms with E-state index >= 15 is 0 Å². The molecule has 0 bridgehead atoms. The van der Waals surface area contributed by atoms with Gasteiger partial charge >= 0.3 is 0 Å². The topological polar surface area (TPSA) is 61.0 Å². The van der Waals surface area contributed by atoms with E-state index in [0.29, 0.717) is 12.1 Å². The minimum Gasteiger partial charge on any atom is -0.348 e. The van der Waals surface area contributed by atoms with Crippen molar-refractivity contribution in [1.82, 2.24) is 20.2 Å². The lowest BCUT2D eigenvalue weighted by molar-refractivity contribution is 0.0951. The van der Waals surface area contributed by atoms with Crippen LogP contribution < -0.4 is 5.32 Å². The number of fused-ring (bicyclic) bond motifs is 1. The van der Waals surface area contributed by atoms with Crippen LogP contribution in [0, 0.1) is 0 Å². The number of nitrogens with zero attached hydrogens (tertiary/aromatic N) is 2. The first-order valence-corrected chi connectivity index (χ1v) is 11.0. The van der Waals surface area contributed by atoms with E-state index in [1.807, 2.05) is 48.5 Å². The highest BCUT2D eigenvalue weighted by atomic mass is 16.1. The minimum atomic E-state index is -0.0642. The van der Waals surface area contributed by atoms with Crippen molar-refractivity contribution in [3.63, 3.8) is 0 Å². The largest absolute Gasteiger partial charge is 0.348 e. The zero-order chi connectivity index (χ0) is 21.8. The normalized spacial score (nSPS) is 15.8. The summed E-state index contributed by atoms with van der Waals surface area (Å²) in [4.78, 5) is 23.0. The summed E-state index contributed by atoms with van der Waals surface area (Å²) < 4.78 is 0. The summed E-state index contributed by atoms with van der Waals surface area (Å²) in [6.45, 7) is 2.33. The predicted octanol–water partition coefficient (Wildman–Crippen LogP) is 4.49. The zero-order valence-corrected chi connectivity index (χ0v) is 17.9. The van der Waals surface area contributed by atoms with Crippen molar-refractivity contribution < 1.29 is 4.79 Å². The number of aromatic nitrogens is 2. The maximum Gasteiger partial charge on any atom is 0.251 e. The van der Waals surface area contributed by atoms with Crippen molar-refractivity contribution in [3.8, 4) is 0 Å². The van der Waals surface area contributed by atoms with Crippen molar-refractivity contribution in [2.45, 2.75) is 25.6 Å². The molecule has 32 heavy (non-hydrogen) atoms. The van der Waals surface area contributed by atoms with Crippen molar-refractivity contribution in [2.24, 2.45) is 0 Å². The smallest absolute Gasteiger partial charge is 0.251 e. The quantitative estimate of drug-likeness (QED) is 0.481. The third-order valence-corrected chi connectivity index (χ3v) is 6.04. The number of amides is 1. The SMILES string of the molecule is O=C(NCc1ccccc1)c1ccc(C2c3nc[nH]c3CCN2Cc2ccccc2)cc1. The number of benzene rings is 3. The molecule has 5 rings (SSSR count). The van der Waals surface area contributed by atoms with Crippen LogP contribution >= 0.6 is 0 Å². The summed E-state index contributed by atoms with van der Waals surface area (Å²) in [5.41, 5.74) is 6.46. The van der Waals surface area contributed by atoms with Gasteiger partial charge in [0, 0.05) is 37.3 Å². The molecule has 160 valence electrons. The molecule has 2 N–H and O–H groups in total. The van der Waals surface area contributed by atoms with Crippen LogP contribution in [0.1, 0.15) is 44.5 Å². The van der Waals surface area contributed by atoms with Gasteiger partial charge in [-0.05, 0) is 28.8 Å². The first kappa shape index (κ1) is 20.2. The Morgan fingerprint density at radius 2 is 1.62 bits per heavy atom. The Hall–Kier alpha value is -3.70. The highest BCUT2D eigenvalue weighted by molar-refractivity contribution is 5.94. The minimum absolute atomic E-state index is 0.0617. The predicted molar refractivity (Wildman–Crippen MR) is 125 cm³/mol. The van der Waals surface area contributed by atoms with Gasteiger partial charge in [-0.2, -0.15) is 0 Å². The van der Waals surface area contributed by atoms with Gasteiger partial charge in [-0.15, -0.1) is 0 Å². The van der Waals surface area contributed by atoms with Gasteiger partial charge in [0.25, 0.3) is 5.91 Å². The average molecular weight is 423 g/mol. The molecule has 0 spiro atoms. The van der Waals surface area contributed by atoms with E-state index in [1.54, 1.807) is 6.33 Å². The van der Waals surface area contributed by atoms with Gasteiger partial charge in [-0.3, -0.25) is 9.69 Å². The van der Waals surface area contributed by atoms with Gasteiger partial charge < -0.3 is 10.3 Å².